The maximum atomic E-state index is 10.4. The monoisotopic (exact) mass is 235 g/mol. The smallest absolute Gasteiger partial charge is 0.120 e. The normalized spacial score (nSPS) is 10.9. The van der Waals surface area contributed by atoms with Gasteiger partial charge in [0.1, 0.15) is 6.29 Å². The van der Waals surface area contributed by atoms with Gasteiger partial charge >= 0.3 is 0 Å². The number of aromatic amines is 1. The summed E-state index contributed by atoms with van der Waals surface area (Å²) in [5, 5.41) is 1.90. The van der Waals surface area contributed by atoms with Crippen molar-refractivity contribution < 1.29 is 4.79 Å². The van der Waals surface area contributed by atoms with Gasteiger partial charge in [-0.3, -0.25) is 0 Å². The molecule has 0 aliphatic carbocycles. The Kier molecular flexibility index (Phi) is 3.30. The van der Waals surface area contributed by atoms with Crippen LogP contribution in [-0.2, 0) is 17.6 Å². The van der Waals surface area contributed by atoms with E-state index in [4.69, 9.17) is 11.6 Å². The first kappa shape index (κ1) is 11.2. The van der Waals surface area contributed by atoms with Gasteiger partial charge in [-0.2, -0.15) is 0 Å². The van der Waals surface area contributed by atoms with Crippen LogP contribution >= 0.6 is 11.6 Å². The van der Waals surface area contributed by atoms with Crippen molar-refractivity contribution in [3.8, 4) is 0 Å². The first-order chi connectivity index (χ1) is 7.74. The molecule has 16 heavy (non-hydrogen) atoms. The largest absolute Gasteiger partial charge is 0.358 e. The summed E-state index contributed by atoms with van der Waals surface area (Å²) in [4.78, 5) is 13.7. The van der Waals surface area contributed by atoms with E-state index in [1.807, 2.05) is 12.1 Å². The van der Waals surface area contributed by atoms with Gasteiger partial charge in [0, 0.05) is 28.0 Å². The summed E-state index contributed by atoms with van der Waals surface area (Å²) in [5.41, 5.74) is 3.40. The predicted molar refractivity (Wildman–Crippen MR) is 67.1 cm³/mol. The van der Waals surface area contributed by atoms with Crippen LogP contribution in [0.3, 0.4) is 0 Å². The van der Waals surface area contributed by atoms with Gasteiger partial charge in [-0.15, -0.1) is 0 Å². The fraction of sp³-hybridized carbons (Fsp3) is 0.308. The summed E-state index contributed by atoms with van der Waals surface area (Å²) in [5.74, 6) is 0. The number of carbonyl (C=O) groups excluding carboxylic acids is 1. The number of aryl methyl sites for hydroxylation is 2. The number of fused-ring (bicyclic) bond motifs is 1. The molecule has 2 nitrogen and oxygen atoms in total. The average Bonchev–Trinajstić information content (AvgIpc) is 2.68. The molecule has 0 spiro atoms. The summed E-state index contributed by atoms with van der Waals surface area (Å²) in [7, 11) is 0. The predicted octanol–water partition coefficient (Wildman–Crippen LogP) is 3.52. The van der Waals surface area contributed by atoms with Gasteiger partial charge in [-0.1, -0.05) is 18.5 Å². The number of aldehydes is 1. The Balaban J connectivity index is 2.52. The molecule has 0 saturated heterocycles. The van der Waals surface area contributed by atoms with Crippen molar-refractivity contribution in [1.82, 2.24) is 4.98 Å². The van der Waals surface area contributed by atoms with Crippen LogP contribution in [0.1, 0.15) is 24.6 Å². The number of hydrogen-bond acceptors (Lipinski definition) is 1. The molecule has 0 unspecified atom stereocenters. The topological polar surface area (TPSA) is 32.9 Å². The Morgan fingerprint density at radius 3 is 2.88 bits per heavy atom. The van der Waals surface area contributed by atoms with Crippen molar-refractivity contribution in [2.24, 2.45) is 0 Å². The lowest BCUT2D eigenvalue weighted by atomic mass is 10.1. The summed E-state index contributed by atoms with van der Waals surface area (Å²) in [6, 6.07) is 6.02. The van der Waals surface area contributed by atoms with Crippen LogP contribution in [0.2, 0.25) is 5.02 Å². The Labute approximate surface area is 99.6 Å². The number of aromatic nitrogens is 1. The minimum Gasteiger partial charge on any atom is -0.358 e. The van der Waals surface area contributed by atoms with E-state index < -0.39 is 0 Å². The van der Waals surface area contributed by atoms with E-state index in [0.29, 0.717) is 6.42 Å². The van der Waals surface area contributed by atoms with Crippen LogP contribution in [0.15, 0.2) is 18.2 Å². The first-order valence-electron chi connectivity index (χ1n) is 5.48. The molecule has 0 aliphatic rings. The van der Waals surface area contributed by atoms with E-state index in [1.165, 1.54) is 11.1 Å². The van der Waals surface area contributed by atoms with E-state index in [2.05, 4.69) is 18.0 Å². The zero-order chi connectivity index (χ0) is 11.5. The van der Waals surface area contributed by atoms with E-state index in [9.17, 15) is 4.79 Å². The summed E-state index contributed by atoms with van der Waals surface area (Å²) in [6.07, 6.45) is 3.21. The summed E-state index contributed by atoms with van der Waals surface area (Å²) in [6.45, 7) is 2.11. The number of H-pyrrole nitrogens is 1. The Bertz CT molecular complexity index is 516. The molecule has 0 aliphatic heterocycles. The Morgan fingerprint density at radius 1 is 1.38 bits per heavy atom. The van der Waals surface area contributed by atoms with Crippen LogP contribution in [0.4, 0.5) is 0 Å². The number of benzene rings is 1. The number of nitrogens with one attached hydrogen (secondary N) is 1. The van der Waals surface area contributed by atoms with Gasteiger partial charge in [0.05, 0.1) is 0 Å². The fourth-order valence-corrected chi connectivity index (χ4v) is 2.18. The highest BCUT2D eigenvalue weighted by atomic mass is 35.5. The van der Waals surface area contributed by atoms with E-state index in [1.54, 1.807) is 0 Å². The van der Waals surface area contributed by atoms with Crippen LogP contribution in [0.5, 0.6) is 0 Å². The lowest BCUT2D eigenvalue weighted by Gasteiger charge is -2.01. The van der Waals surface area contributed by atoms with Crippen LogP contribution in [0.25, 0.3) is 10.9 Å². The average molecular weight is 236 g/mol. The third kappa shape index (κ3) is 2.12. The van der Waals surface area contributed by atoms with Gasteiger partial charge in [0.25, 0.3) is 0 Å². The van der Waals surface area contributed by atoms with Gasteiger partial charge in [0.15, 0.2) is 0 Å². The second-order valence-electron chi connectivity index (χ2n) is 3.88. The third-order valence-electron chi connectivity index (χ3n) is 2.76. The number of rotatable bonds is 4. The molecule has 84 valence electrons. The SMILES string of the molecule is CCc1cc2c(CCC=O)cc(Cl)cc2[nH]1. The van der Waals surface area contributed by atoms with Crippen molar-refractivity contribution in [1.29, 1.82) is 0 Å². The molecule has 1 aromatic carbocycles. The molecule has 0 atom stereocenters. The standard InChI is InChI=1S/C13H14ClNO/c1-2-11-8-12-9(4-3-5-16)6-10(14)7-13(12)15-11/h5-8,15H,2-4H2,1H3. The van der Waals surface area contributed by atoms with Gasteiger partial charge in [0.2, 0.25) is 0 Å². The van der Waals surface area contributed by atoms with Crippen molar-refractivity contribution in [3.05, 3.63) is 34.5 Å². The summed E-state index contributed by atoms with van der Waals surface area (Å²) >= 11 is 6.05. The molecule has 1 aromatic heterocycles. The number of halogens is 1. The van der Waals surface area contributed by atoms with E-state index in [-0.39, 0.29) is 0 Å². The van der Waals surface area contributed by atoms with E-state index in [0.717, 1.165) is 35.2 Å². The molecule has 0 radical (unpaired) electrons. The van der Waals surface area contributed by atoms with Crippen LogP contribution in [-0.4, -0.2) is 11.3 Å². The Hall–Kier alpha value is -1.28. The highest BCUT2D eigenvalue weighted by Crippen LogP contribution is 2.25. The zero-order valence-electron chi connectivity index (χ0n) is 9.22. The lowest BCUT2D eigenvalue weighted by molar-refractivity contribution is -0.107. The van der Waals surface area contributed by atoms with Gasteiger partial charge < -0.3 is 9.78 Å². The maximum absolute atomic E-state index is 10.4. The Morgan fingerprint density at radius 2 is 2.19 bits per heavy atom. The van der Waals surface area contributed by atoms with E-state index >= 15 is 0 Å². The van der Waals surface area contributed by atoms with Crippen LogP contribution < -0.4 is 0 Å². The molecule has 1 N–H and O–H groups in total. The van der Waals surface area contributed by atoms with Crippen molar-refractivity contribution in [3.63, 3.8) is 0 Å². The molecule has 1 heterocycles. The molecule has 0 fully saturated rings. The fourth-order valence-electron chi connectivity index (χ4n) is 1.94. The molecule has 0 saturated carbocycles. The molecule has 0 amide bonds. The van der Waals surface area contributed by atoms with Crippen molar-refractivity contribution in [2.75, 3.05) is 0 Å². The number of carbonyl (C=O) groups is 1. The zero-order valence-corrected chi connectivity index (χ0v) is 9.97. The molecular formula is C13H14ClNO. The first-order valence-corrected chi connectivity index (χ1v) is 5.86. The lowest BCUT2D eigenvalue weighted by Crippen LogP contribution is -1.87. The van der Waals surface area contributed by atoms with Gasteiger partial charge in [-0.25, -0.2) is 0 Å². The molecule has 2 rings (SSSR count). The second-order valence-corrected chi connectivity index (χ2v) is 4.32. The summed E-state index contributed by atoms with van der Waals surface area (Å²) < 4.78 is 0. The molecule has 0 bridgehead atoms. The second kappa shape index (κ2) is 4.71. The van der Waals surface area contributed by atoms with Gasteiger partial charge in [-0.05, 0) is 36.6 Å². The molecular weight excluding hydrogens is 222 g/mol. The third-order valence-corrected chi connectivity index (χ3v) is 2.97. The minimum absolute atomic E-state index is 0.544. The minimum atomic E-state index is 0.544. The maximum Gasteiger partial charge on any atom is 0.120 e. The highest BCUT2D eigenvalue weighted by molar-refractivity contribution is 6.31. The van der Waals surface area contributed by atoms with Crippen LogP contribution in [0, 0.1) is 0 Å². The quantitative estimate of drug-likeness (QED) is 0.809. The molecule has 3 heteroatoms. The molecule has 2 aromatic rings. The highest BCUT2D eigenvalue weighted by Gasteiger charge is 2.06. The number of hydrogen-bond donors (Lipinski definition) is 1. The van der Waals surface area contributed by atoms with Crippen molar-refractivity contribution >= 4 is 28.8 Å². The van der Waals surface area contributed by atoms with Crippen molar-refractivity contribution in [2.45, 2.75) is 26.2 Å².